The summed E-state index contributed by atoms with van der Waals surface area (Å²) in [7, 11) is -1.88. The molecule has 2 aliphatic heterocycles. The number of carboxylic acids is 1. The molecular weight excluding hydrogens is 370 g/mol. The third-order valence-corrected chi connectivity index (χ3v) is 6.38. The van der Waals surface area contributed by atoms with E-state index in [0.717, 1.165) is 0 Å². The van der Waals surface area contributed by atoms with Crippen molar-refractivity contribution in [1.29, 1.82) is 0 Å². The molecule has 0 aromatic heterocycles. The topological polar surface area (TPSA) is 107 Å². The van der Waals surface area contributed by atoms with Crippen molar-refractivity contribution >= 4 is 27.7 Å². The van der Waals surface area contributed by atoms with Gasteiger partial charge < -0.3 is 14.9 Å². The van der Waals surface area contributed by atoms with Crippen molar-refractivity contribution < 1.29 is 23.1 Å². The van der Waals surface area contributed by atoms with Gasteiger partial charge in [0.1, 0.15) is 10.7 Å². The van der Waals surface area contributed by atoms with E-state index in [4.69, 9.17) is 5.11 Å². The number of carbonyl (C=O) groups excluding carboxylic acids is 1. The average molecular weight is 393 g/mol. The maximum Gasteiger partial charge on any atom is 0.306 e. The molecule has 8 nitrogen and oxygen atoms in total. The second-order valence-corrected chi connectivity index (χ2v) is 8.48. The maximum atomic E-state index is 12.3. The van der Waals surface area contributed by atoms with Crippen molar-refractivity contribution in [3.8, 4) is 0 Å². The number of sulfonamides is 1. The Hall–Kier alpha value is -2.42. The number of rotatable bonds is 5. The molecule has 3 rings (SSSR count). The molecule has 0 spiro atoms. The molecule has 1 aromatic carbocycles. The number of amides is 1. The quantitative estimate of drug-likeness (QED) is 0.805. The SMILES string of the molecule is CN(CCCC(=O)N1CCC(C(=O)O)CC1)C1=NS(=O)(=O)c2ccccc21. The number of hydrogen-bond donors (Lipinski definition) is 1. The van der Waals surface area contributed by atoms with E-state index in [9.17, 15) is 18.0 Å². The Labute approximate surface area is 158 Å². The molecule has 0 saturated carbocycles. The molecule has 9 heteroatoms. The molecule has 1 N–H and O–H groups in total. The van der Waals surface area contributed by atoms with Gasteiger partial charge in [-0.25, -0.2) is 0 Å². The highest BCUT2D eigenvalue weighted by Crippen LogP contribution is 2.27. The number of benzene rings is 1. The molecule has 0 bridgehead atoms. The number of amidine groups is 1. The van der Waals surface area contributed by atoms with E-state index >= 15 is 0 Å². The zero-order valence-electron chi connectivity index (χ0n) is 15.2. The lowest BCUT2D eigenvalue weighted by atomic mass is 9.97. The summed E-state index contributed by atoms with van der Waals surface area (Å²) in [5.74, 6) is -0.743. The van der Waals surface area contributed by atoms with Crippen LogP contribution in [-0.4, -0.2) is 67.7 Å². The highest BCUT2D eigenvalue weighted by atomic mass is 32.2. The number of carboxylic acid groups (broad SMARTS) is 1. The molecule has 2 heterocycles. The largest absolute Gasteiger partial charge is 0.481 e. The van der Waals surface area contributed by atoms with Crippen LogP contribution < -0.4 is 0 Å². The Morgan fingerprint density at radius 2 is 1.93 bits per heavy atom. The molecule has 27 heavy (non-hydrogen) atoms. The predicted molar refractivity (Wildman–Crippen MR) is 99.0 cm³/mol. The van der Waals surface area contributed by atoms with Crippen LogP contribution in [0, 0.1) is 5.92 Å². The Morgan fingerprint density at radius 1 is 1.26 bits per heavy atom. The smallest absolute Gasteiger partial charge is 0.306 e. The normalized spacial score (nSPS) is 18.7. The lowest BCUT2D eigenvalue weighted by Gasteiger charge is -2.30. The molecule has 146 valence electrons. The lowest BCUT2D eigenvalue weighted by Crippen LogP contribution is -2.40. The molecule has 0 radical (unpaired) electrons. The molecular formula is C18H23N3O5S. The van der Waals surface area contributed by atoms with Gasteiger partial charge in [0.2, 0.25) is 5.91 Å². The van der Waals surface area contributed by atoms with Crippen LogP contribution in [0.2, 0.25) is 0 Å². The minimum Gasteiger partial charge on any atom is -0.481 e. The molecule has 0 unspecified atom stereocenters. The molecule has 1 aromatic rings. The van der Waals surface area contributed by atoms with Gasteiger partial charge in [0.05, 0.1) is 5.92 Å². The fraction of sp³-hybridized carbons (Fsp3) is 0.500. The van der Waals surface area contributed by atoms with Gasteiger partial charge in [-0.05, 0) is 31.4 Å². The monoisotopic (exact) mass is 393 g/mol. The third kappa shape index (κ3) is 4.13. The van der Waals surface area contributed by atoms with Crippen molar-refractivity contribution in [3.05, 3.63) is 29.8 Å². The number of carbonyl (C=O) groups is 2. The van der Waals surface area contributed by atoms with Crippen molar-refractivity contribution in [1.82, 2.24) is 9.80 Å². The number of aliphatic carboxylic acids is 1. The Balaban J connectivity index is 1.51. The van der Waals surface area contributed by atoms with Crippen LogP contribution in [0.4, 0.5) is 0 Å². The molecule has 0 atom stereocenters. The van der Waals surface area contributed by atoms with Crippen molar-refractivity contribution in [2.24, 2.45) is 10.3 Å². The first-order valence-corrected chi connectivity index (χ1v) is 10.4. The molecule has 1 fully saturated rings. The number of piperidine rings is 1. The Morgan fingerprint density at radius 3 is 2.59 bits per heavy atom. The van der Waals surface area contributed by atoms with Crippen LogP contribution >= 0.6 is 0 Å². The minimum atomic E-state index is -3.65. The first-order chi connectivity index (χ1) is 12.8. The van der Waals surface area contributed by atoms with Crippen LogP contribution in [0.15, 0.2) is 33.6 Å². The van der Waals surface area contributed by atoms with Crippen molar-refractivity contribution in [3.63, 3.8) is 0 Å². The fourth-order valence-electron chi connectivity index (χ4n) is 3.47. The van der Waals surface area contributed by atoms with E-state index in [0.29, 0.717) is 56.7 Å². The molecule has 2 aliphatic rings. The van der Waals surface area contributed by atoms with Gasteiger partial charge >= 0.3 is 5.97 Å². The van der Waals surface area contributed by atoms with Gasteiger partial charge in [0.25, 0.3) is 10.0 Å². The number of likely N-dealkylation sites (tertiary alicyclic amines) is 1. The fourth-order valence-corrected chi connectivity index (χ4v) is 4.72. The van der Waals surface area contributed by atoms with Gasteiger partial charge in [-0.15, -0.1) is 4.40 Å². The van der Waals surface area contributed by atoms with Crippen LogP contribution in [0.5, 0.6) is 0 Å². The molecule has 1 saturated heterocycles. The van der Waals surface area contributed by atoms with E-state index in [2.05, 4.69) is 4.40 Å². The van der Waals surface area contributed by atoms with Crippen LogP contribution in [-0.2, 0) is 19.6 Å². The van der Waals surface area contributed by atoms with Crippen LogP contribution in [0.25, 0.3) is 0 Å². The van der Waals surface area contributed by atoms with E-state index in [-0.39, 0.29) is 16.7 Å². The number of nitrogens with zero attached hydrogens (tertiary/aromatic N) is 3. The first-order valence-electron chi connectivity index (χ1n) is 8.95. The van der Waals surface area contributed by atoms with E-state index in [1.54, 1.807) is 41.1 Å². The summed E-state index contributed by atoms with van der Waals surface area (Å²) in [6, 6.07) is 6.71. The summed E-state index contributed by atoms with van der Waals surface area (Å²) in [5, 5.41) is 9.01. The summed E-state index contributed by atoms with van der Waals surface area (Å²) in [6.07, 6.45) is 1.89. The average Bonchev–Trinajstić information content (AvgIpc) is 2.93. The number of fused-ring (bicyclic) bond motifs is 1. The Kier molecular flexibility index (Phi) is 5.50. The summed E-state index contributed by atoms with van der Waals surface area (Å²) in [6.45, 7) is 1.45. The summed E-state index contributed by atoms with van der Waals surface area (Å²) >= 11 is 0. The summed E-state index contributed by atoms with van der Waals surface area (Å²) in [4.78, 5) is 27.0. The van der Waals surface area contributed by atoms with Gasteiger partial charge in [-0.3, -0.25) is 9.59 Å². The van der Waals surface area contributed by atoms with Crippen LogP contribution in [0.3, 0.4) is 0 Å². The third-order valence-electron chi connectivity index (χ3n) is 5.06. The van der Waals surface area contributed by atoms with Gasteiger partial charge in [0, 0.05) is 38.7 Å². The minimum absolute atomic E-state index is 0.00798. The van der Waals surface area contributed by atoms with E-state index in [1.807, 2.05) is 0 Å². The molecule has 0 aliphatic carbocycles. The van der Waals surface area contributed by atoms with Crippen molar-refractivity contribution in [2.75, 3.05) is 26.7 Å². The second kappa shape index (κ2) is 7.67. The van der Waals surface area contributed by atoms with Crippen LogP contribution in [0.1, 0.15) is 31.2 Å². The Bertz CT molecular complexity index is 873. The summed E-state index contributed by atoms with van der Waals surface area (Å²) in [5.41, 5.74) is 0.585. The first kappa shape index (κ1) is 19.3. The zero-order chi connectivity index (χ0) is 19.6. The highest BCUT2D eigenvalue weighted by Gasteiger charge is 2.30. The molecule has 1 amide bonds. The number of hydrogen-bond acceptors (Lipinski definition) is 5. The van der Waals surface area contributed by atoms with Gasteiger partial charge in [-0.2, -0.15) is 8.42 Å². The van der Waals surface area contributed by atoms with Gasteiger partial charge in [-0.1, -0.05) is 12.1 Å². The maximum absolute atomic E-state index is 12.3. The predicted octanol–water partition coefficient (Wildman–Crippen LogP) is 1.17. The highest BCUT2D eigenvalue weighted by molar-refractivity contribution is 7.90. The van der Waals surface area contributed by atoms with E-state index < -0.39 is 16.0 Å². The second-order valence-electron chi connectivity index (χ2n) is 6.90. The zero-order valence-corrected chi connectivity index (χ0v) is 16.0. The van der Waals surface area contributed by atoms with E-state index in [1.165, 1.54) is 0 Å². The standard InChI is InChI=1S/C18H23N3O5S/c1-20(17-14-5-2-3-6-15(14)27(25,26)19-17)10-4-7-16(22)21-11-8-13(9-12-21)18(23)24/h2-3,5-6,13H,4,7-12H2,1H3,(H,23,24). The van der Waals surface area contributed by atoms with Gasteiger partial charge in [0.15, 0.2) is 0 Å². The summed E-state index contributed by atoms with van der Waals surface area (Å²) < 4.78 is 28.1. The lowest BCUT2D eigenvalue weighted by molar-refractivity contribution is -0.145. The van der Waals surface area contributed by atoms with Crippen molar-refractivity contribution in [2.45, 2.75) is 30.6 Å².